The maximum Gasteiger partial charge on any atom is 0.287 e. The van der Waals surface area contributed by atoms with E-state index >= 15 is 0 Å². The standard InChI is InChI=1S/C11H18N6O3/c1-12-11(13-2)15-5-4-14-10(18)9-6-8(17(19)20)7-16(9)3/h6-7H,4-5H2,1-3H3,(H,14,18)(H2,12,13,15). The highest BCUT2D eigenvalue weighted by Crippen LogP contribution is 2.14. The summed E-state index contributed by atoms with van der Waals surface area (Å²) in [4.78, 5) is 25.9. The van der Waals surface area contributed by atoms with Crippen LogP contribution in [-0.4, -0.2) is 48.5 Å². The fourth-order valence-corrected chi connectivity index (χ4v) is 1.60. The number of rotatable bonds is 5. The highest BCUT2D eigenvalue weighted by molar-refractivity contribution is 5.93. The number of hydrogen-bond donors (Lipinski definition) is 3. The van der Waals surface area contributed by atoms with E-state index in [1.54, 1.807) is 21.1 Å². The molecule has 0 atom stereocenters. The Morgan fingerprint density at radius 1 is 1.45 bits per heavy atom. The van der Waals surface area contributed by atoms with Gasteiger partial charge in [-0.2, -0.15) is 0 Å². The van der Waals surface area contributed by atoms with Crippen LogP contribution in [-0.2, 0) is 7.05 Å². The van der Waals surface area contributed by atoms with Gasteiger partial charge in [-0.25, -0.2) is 0 Å². The molecule has 0 aromatic carbocycles. The van der Waals surface area contributed by atoms with Gasteiger partial charge in [0.2, 0.25) is 0 Å². The van der Waals surface area contributed by atoms with Crippen molar-refractivity contribution in [1.29, 1.82) is 0 Å². The third kappa shape index (κ3) is 3.97. The fourth-order valence-electron chi connectivity index (χ4n) is 1.60. The number of hydrogen-bond acceptors (Lipinski definition) is 4. The number of aryl methyl sites for hydroxylation is 1. The first-order valence-corrected chi connectivity index (χ1v) is 5.97. The number of carbonyl (C=O) groups is 1. The highest BCUT2D eigenvalue weighted by Gasteiger charge is 2.16. The van der Waals surface area contributed by atoms with Crippen LogP contribution in [0.1, 0.15) is 10.5 Å². The molecule has 1 aromatic rings. The number of carbonyl (C=O) groups excluding carboxylic acids is 1. The van der Waals surface area contributed by atoms with Gasteiger partial charge in [0.05, 0.1) is 11.1 Å². The van der Waals surface area contributed by atoms with Crippen molar-refractivity contribution in [3.63, 3.8) is 0 Å². The topological polar surface area (TPSA) is 114 Å². The molecule has 20 heavy (non-hydrogen) atoms. The summed E-state index contributed by atoms with van der Waals surface area (Å²) in [7, 11) is 4.96. The average molecular weight is 282 g/mol. The molecule has 9 nitrogen and oxygen atoms in total. The van der Waals surface area contributed by atoms with E-state index in [0.29, 0.717) is 19.0 Å². The summed E-state index contributed by atoms with van der Waals surface area (Å²) >= 11 is 0. The van der Waals surface area contributed by atoms with Crippen LogP contribution in [0.3, 0.4) is 0 Å². The summed E-state index contributed by atoms with van der Waals surface area (Å²) in [5.41, 5.74) is 0.140. The Morgan fingerprint density at radius 2 is 2.10 bits per heavy atom. The molecule has 110 valence electrons. The fraction of sp³-hybridized carbons (Fsp3) is 0.455. The Balaban J connectivity index is 2.49. The Morgan fingerprint density at radius 3 is 2.60 bits per heavy atom. The first-order valence-electron chi connectivity index (χ1n) is 5.97. The second-order valence-electron chi connectivity index (χ2n) is 3.96. The van der Waals surface area contributed by atoms with Gasteiger partial charge in [-0.3, -0.25) is 19.9 Å². The zero-order valence-electron chi connectivity index (χ0n) is 11.6. The van der Waals surface area contributed by atoms with Gasteiger partial charge in [0.1, 0.15) is 5.69 Å². The number of aliphatic imine (C=N–C) groups is 1. The van der Waals surface area contributed by atoms with Gasteiger partial charge in [-0.05, 0) is 0 Å². The van der Waals surface area contributed by atoms with E-state index in [9.17, 15) is 14.9 Å². The lowest BCUT2D eigenvalue weighted by Gasteiger charge is -2.09. The van der Waals surface area contributed by atoms with Crippen LogP contribution < -0.4 is 16.0 Å². The smallest absolute Gasteiger partial charge is 0.287 e. The molecule has 0 saturated heterocycles. The molecule has 9 heteroatoms. The molecule has 0 unspecified atom stereocenters. The second kappa shape index (κ2) is 7.12. The molecular formula is C11H18N6O3. The van der Waals surface area contributed by atoms with E-state index in [1.165, 1.54) is 16.8 Å². The van der Waals surface area contributed by atoms with Crippen LogP contribution >= 0.6 is 0 Å². The Hall–Kier alpha value is -2.58. The van der Waals surface area contributed by atoms with Gasteiger partial charge in [-0.1, -0.05) is 0 Å². The zero-order valence-corrected chi connectivity index (χ0v) is 11.6. The van der Waals surface area contributed by atoms with E-state index < -0.39 is 4.92 Å². The molecular weight excluding hydrogens is 264 g/mol. The molecule has 0 aliphatic carbocycles. The minimum Gasteiger partial charge on any atom is -0.359 e. The summed E-state index contributed by atoms with van der Waals surface area (Å²) in [6.07, 6.45) is 1.30. The lowest BCUT2D eigenvalue weighted by molar-refractivity contribution is -0.384. The molecule has 0 spiro atoms. The molecule has 0 bridgehead atoms. The van der Waals surface area contributed by atoms with Gasteiger partial charge in [-0.15, -0.1) is 0 Å². The van der Waals surface area contributed by atoms with Crippen LogP contribution in [0.2, 0.25) is 0 Å². The number of guanidine groups is 1. The van der Waals surface area contributed by atoms with Gasteiger partial charge < -0.3 is 20.5 Å². The van der Waals surface area contributed by atoms with Crippen molar-refractivity contribution < 1.29 is 9.72 Å². The van der Waals surface area contributed by atoms with Gasteiger partial charge in [0.25, 0.3) is 11.6 Å². The van der Waals surface area contributed by atoms with Crippen LogP contribution in [0.25, 0.3) is 0 Å². The van der Waals surface area contributed by atoms with E-state index in [-0.39, 0.29) is 17.3 Å². The molecule has 0 radical (unpaired) electrons. The van der Waals surface area contributed by atoms with Crippen molar-refractivity contribution in [2.75, 3.05) is 27.2 Å². The molecule has 0 fully saturated rings. The van der Waals surface area contributed by atoms with Crippen molar-refractivity contribution in [3.05, 3.63) is 28.1 Å². The first kappa shape index (κ1) is 15.5. The van der Waals surface area contributed by atoms with E-state index in [4.69, 9.17) is 0 Å². The van der Waals surface area contributed by atoms with Crippen molar-refractivity contribution in [1.82, 2.24) is 20.5 Å². The summed E-state index contributed by atoms with van der Waals surface area (Å²) < 4.78 is 1.42. The third-order valence-corrected chi connectivity index (χ3v) is 2.60. The SMILES string of the molecule is CN=C(NC)NCCNC(=O)c1cc([N+](=O)[O-])cn1C. The average Bonchev–Trinajstić information content (AvgIpc) is 2.81. The number of aromatic nitrogens is 1. The highest BCUT2D eigenvalue weighted by atomic mass is 16.6. The molecule has 0 aliphatic rings. The summed E-state index contributed by atoms with van der Waals surface area (Å²) in [5, 5.41) is 19.1. The predicted octanol–water partition coefficient (Wildman–Crippen LogP) is -0.542. The Kier molecular flexibility index (Phi) is 5.51. The summed E-state index contributed by atoms with van der Waals surface area (Å²) in [6.45, 7) is 0.865. The molecule has 1 amide bonds. The lowest BCUT2D eigenvalue weighted by Crippen LogP contribution is -2.40. The second-order valence-corrected chi connectivity index (χ2v) is 3.96. The number of nitrogens with one attached hydrogen (secondary N) is 3. The van der Waals surface area contributed by atoms with Crippen LogP contribution in [0, 0.1) is 10.1 Å². The van der Waals surface area contributed by atoms with Crippen molar-refractivity contribution in [2.45, 2.75) is 0 Å². The minimum absolute atomic E-state index is 0.105. The van der Waals surface area contributed by atoms with E-state index in [1.807, 2.05) is 0 Å². The molecule has 1 aromatic heterocycles. The molecule has 0 saturated carbocycles. The summed E-state index contributed by atoms with van der Waals surface area (Å²) in [5.74, 6) is 0.260. The predicted molar refractivity (Wildman–Crippen MR) is 74.8 cm³/mol. The first-order chi connectivity index (χ1) is 9.49. The maximum atomic E-state index is 11.9. The monoisotopic (exact) mass is 282 g/mol. The summed E-state index contributed by atoms with van der Waals surface area (Å²) in [6, 6.07) is 1.25. The third-order valence-electron chi connectivity index (χ3n) is 2.60. The van der Waals surface area contributed by atoms with Gasteiger partial charge >= 0.3 is 0 Å². The van der Waals surface area contributed by atoms with Crippen molar-refractivity contribution >= 4 is 17.6 Å². The normalized spacial score (nSPS) is 11.1. The zero-order chi connectivity index (χ0) is 15.1. The quantitative estimate of drug-likeness (QED) is 0.221. The largest absolute Gasteiger partial charge is 0.359 e. The molecule has 1 heterocycles. The minimum atomic E-state index is -0.532. The van der Waals surface area contributed by atoms with Crippen molar-refractivity contribution in [3.8, 4) is 0 Å². The number of nitro groups is 1. The molecule has 3 N–H and O–H groups in total. The van der Waals surface area contributed by atoms with Crippen molar-refractivity contribution in [2.24, 2.45) is 12.0 Å². The van der Waals surface area contributed by atoms with E-state index in [0.717, 1.165) is 0 Å². The van der Waals surface area contributed by atoms with Gasteiger partial charge in [0, 0.05) is 40.3 Å². The van der Waals surface area contributed by atoms with Crippen LogP contribution in [0.5, 0.6) is 0 Å². The Labute approximate surface area is 116 Å². The molecule has 1 rings (SSSR count). The van der Waals surface area contributed by atoms with Gasteiger partial charge in [0.15, 0.2) is 5.96 Å². The maximum absolute atomic E-state index is 11.9. The number of nitrogens with zero attached hydrogens (tertiary/aromatic N) is 3. The number of amides is 1. The lowest BCUT2D eigenvalue weighted by atomic mass is 10.4. The van der Waals surface area contributed by atoms with E-state index in [2.05, 4.69) is 20.9 Å². The Bertz CT molecular complexity index is 522. The van der Waals surface area contributed by atoms with Crippen LogP contribution in [0.4, 0.5) is 5.69 Å². The van der Waals surface area contributed by atoms with Crippen LogP contribution in [0.15, 0.2) is 17.3 Å². The molecule has 0 aliphatic heterocycles.